The molecular formula is C17H28ClIN4O2S2. The van der Waals surface area contributed by atoms with E-state index in [0.29, 0.717) is 22.9 Å². The zero-order valence-corrected chi connectivity index (χ0v) is 20.3. The molecule has 1 saturated carbocycles. The molecule has 27 heavy (non-hydrogen) atoms. The van der Waals surface area contributed by atoms with E-state index >= 15 is 0 Å². The average molecular weight is 547 g/mol. The maximum atomic E-state index is 12.3. The van der Waals surface area contributed by atoms with E-state index in [9.17, 15) is 8.42 Å². The molecule has 1 aromatic carbocycles. The maximum Gasteiger partial charge on any atom is 0.240 e. The van der Waals surface area contributed by atoms with Crippen LogP contribution in [0, 0.1) is 0 Å². The van der Waals surface area contributed by atoms with Crippen molar-refractivity contribution in [2.45, 2.75) is 42.4 Å². The summed E-state index contributed by atoms with van der Waals surface area (Å²) in [6.07, 6.45) is 5.64. The van der Waals surface area contributed by atoms with Crippen LogP contribution in [-0.2, 0) is 10.0 Å². The SMILES string of the molecule is CCNC(=NCCNS(=O)(=O)c1cccc(Cl)c1)NC1CCC(SC)C1.I. The Kier molecular flexibility index (Phi) is 11.4. The number of hydrogen-bond donors (Lipinski definition) is 3. The van der Waals surface area contributed by atoms with Crippen molar-refractivity contribution >= 4 is 63.3 Å². The van der Waals surface area contributed by atoms with Gasteiger partial charge in [0.05, 0.1) is 11.4 Å². The molecule has 10 heteroatoms. The molecule has 0 radical (unpaired) electrons. The fraction of sp³-hybridized carbons (Fsp3) is 0.588. The molecular weight excluding hydrogens is 519 g/mol. The molecule has 2 atom stereocenters. The lowest BCUT2D eigenvalue weighted by Gasteiger charge is -2.17. The largest absolute Gasteiger partial charge is 0.357 e. The fourth-order valence-electron chi connectivity index (χ4n) is 2.86. The van der Waals surface area contributed by atoms with Crippen molar-refractivity contribution in [3.05, 3.63) is 29.3 Å². The van der Waals surface area contributed by atoms with Crippen LogP contribution in [0.25, 0.3) is 0 Å². The van der Waals surface area contributed by atoms with Crippen molar-refractivity contribution in [1.29, 1.82) is 0 Å². The molecule has 2 rings (SSSR count). The Labute approximate surface area is 188 Å². The first-order chi connectivity index (χ1) is 12.4. The number of aliphatic imine (C=N–C) groups is 1. The lowest BCUT2D eigenvalue weighted by atomic mass is 10.2. The third kappa shape index (κ3) is 8.35. The monoisotopic (exact) mass is 546 g/mol. The van der Waals surface area contributed by atoms with E-state index in [2.05, 4.69) is 26.6 Å². The molecule has 0 aliphatic heterocycles. The number of rotatable bonds is 8. The first-order valence-electron chi connectivity index (χ1n) is 8.77. The number of hydrogen-bond acceptors (Lipinski definition) is 4. The van der Waals surface area contributed by atoms with E-state index in [4.69, 9.17) is 11.6 Å². The van der Waals surface area contributed by atoms with Gasteiger partial charge in [0.25, 0.3) is 0 Å². The van der Waals surface area contributed by atoms with Crippen LogP contribution in [0.3, 0.4) is 0 Å². The third-order valence-corrected chi connectivity index (χ3v) is 6.97. The van der Waals surface area contributed by atoms with E-state index in [0.717, 1.165) is 25.3 Å². The minimum atomic E-state index is -3.57. The van der Waals surface area contributed by atoms with Gasteiger partial charge < -0.3 is 10.6 Å². The van der Waals surface area contributed by atoms with Gasteiger partial charge in [0.1, 0.15) is 0 Å². The van der Waals surface area contributed by atoms with Crippen molar-refractivity contribution in [2.75, 3.05) is 25.9 Å². The summed E-state index contributed by atoms with van der Waals surface area (Å²) < 4.78 is 27.1. The Balaban J connectivity index is 0.00000364. The molecule has 0 spiro atoms. The number of sulfonamides is 1. The number of halogens is 2. The predicted octanol–water partition coefficient (Wildman–Crippen LogP) is 3.08. The first kappa shape index (κ1) is 24.8. The molecule has 0 saturated heterocycles. The van der Waals surface area contributed by atoms with Crippen molar-refractivity contribution in [3.63, 3.8) is 0 Å². The Morgan fingerprint density at radius 2 is 2.15 bits per heavy atom. The Bertz CT molecular complexity index is 719. The zero-order chi connectivity index (χ0) is 19.0. The Morgan fingerprint density at radius 1 is 1.37 bits per heavy atom. The molecule has 0 amide bonds. The second-order valence-corrected chi connectivity index (χ2v) is 9.47. The molecule has 3 N–H and O–H groups in total. The number of benzene rings is 1. The Morgan fingerprint density at radius 3 is 2.78 bits per heavy atom. The molecule has 154 valence electrons. The van der Waals surface area contributed by atoms with Crippen LogP contribution in [-0.4, -0.2) is 51.6 Å². The highest BCUT2D eigenvalue weighted by molar-refractivity contribution is 14.0. The molecule has 2 unspecified atom stereocenters. The first-order valence-corrected chi connectivity index (χ1v) is 11.9. The van der Waals surface area contributed by atoms with Crippen molar-refractivity contribution in [3.8, 4) is 0 Å². The van der Waals surface area contributed by atoms with Crippen LogP contribution in [0.4, 0.5) is 0 Å². The highest BCUT2D eigenvalue weighted by Crippen LogP contribution is 2.28. The van der Waals surface area contributed by atoms with Crippen LogP contribution < -0.4 is 15.4 Å². The van der Waals surface area contributed by atoms with Gasteiger partial charge in [-0.15, -0.1) is 24.0 Å². The summed E-state index contributed by atoms with van der Waals surface area (Å²) in [5, 5.41) is 7.77. The van der Waals surface area contributed by atoms with Gasteiger partial charge in [-0.25, -0.2) is 13.1 Å². The second-order valence-electron chi connectivity index (χ2n) is 6.13. The molecule has 0 aromatic heterocycles. The molecule has 1 aliphatic rings. The molecule has 0 heterocycles. The third-order valence-electron chi connectivity index (χ3n) is 4.18. The number of guanidine groups is 1. The van der Waals surface area contributed by atoms with E-state index in [-0.39, 0.29) is 35.4 Å². The van der Waals surface area contributed by atoms with Crippen LogP contribution in [0.2, 0.25) is 5.02 Å². The van der Waals surface area contributed by atoms with Crippen molar-refractivity contribution in [2.24, 2.45) is 4.99 Å². The number of nitrogens with zero attached hydrogens (tertiary/aromatic N) is 1. The number of nitrogens with one attached hydrogen (secondary N) is 3. The topological polar surface area (TPSA) is 82.6 Å². The van der Waals surface area contributed by atoms with Gasteiger partial charge >= 0.3 is 0 Å². The minimum Gasteiger partial charge on any atom is -0.357 e. The highest BCUT2D eigenvalue weighted by Gasteiger charge is 2.24. The normalized spacial score (nSPS) is 20.2. The lowest BCUT2D eigenvalue weighted by Crippen LogP contribution is -2.43. The Hall–Kier alpha value is -0.230. The molecule has 0 bridgehead atoms. The molecule has 1 aliphatic carbocycles. The summed E-state index contributed by atoms with van der Waals surface area (Å²) in [5.74, 6) is 0.737. The summed E-state index contributed by atoms with van der Waals surface area (Å²) in [5.41, 5.74) is 0. The molecule has 1 fully saturated rings. The van der Waals surface area contributed by atoms with E-state index in [1.807, 2.05) is 18.7 Å². The summed E-state index contributed by atoms with van der Waals surface area (Å²) in [6, 6.07) is 6.63. The van der Waals surface area contributed by atoms with Crippen LogP contribution in [0.1, 0.15) is 26.2 Å². The van der Waals surface area contributed by atoms with Crippen LogP contribution in [0.5, 0.6) is 0 Å². The van der Waals surface area contributed by atoms with Crippen molar-refractivity contribution < 1.29 is 8.42 Å². The van der Waals surface area contributed by atoms with Gasteiger partial charge in [-0.1, -0.05) is 17.7 Å². The van der Waals surface area contributed by atoms with Crippen LogP contribution in [0.15, 0.2) is 34.2 Å². The summed E-state index contributed by atoms with van der Waals surface area (Å²) in [4.78, 5) is 4.64. The molecule has 1 aromatic rings. The predicted molar refractivity (Wildman–Crippen MR) is 126 cm³/mol. The van der Waals surface area contributed by atoms with E-state index in [1.54, 1.807) is 12.1 Å². The lowest BCUT2D eigenvalue weighted by molar-refractivity contribution is 0.581. The van der Waals surface area contributed by atoms with Gasteiger partial charge in [-0.3, -0.25) is 4.99 Å². The summed E-state index contributed by atoms with van der Waals surface area (Å²) in [7, 11) is -3.57. The fourth-order valence-corrected chi connectivity index (χ4v) is 4.98. The van der Waals surface area contributed by atoms with E-state index < -0.39 is 10.0 Å². The van der Waals surface area contributed by atoms with E-state index in [1.165, 1.54) is 18.6 Å². The van der Waals surface area contributed by atoms with Crippen LogP contribution >= 0.6 is 47.3 Å². The standard InChI is InChI=1S/C17H27ClN4O2S2.HI/c1-3-19-17(22-14-7-8-15(12-14)25-2)20-9-10-21-26(23,24)16-6-4-5-13(18)11-16;/h4-6,11,14-15,21H,3,7-10,12H2,1-2H3,(H2,19,20,22);1H. The maximum absolute atomic E-state index is 12.3. The van der Waals surface area contributed by atoms with Gasteiger partial charge in [0.15, 0.2) is 5.96 Å². The minimum absolute atomic E-state index is 0. The summed E-state index contributed by atoms with van der Waals surface area (Å²) in [6.45, 7) is 3.36. The zero-order valence-electron chi connectivity index (χ0n) is 15.6. The smallest absolute Gasteiger partial charge is 0.240 e. The average Bonchev–Trinajstić information content (AvgIpc) is 3.06. The van der Waals surface area contributed by atoms with Crippen molar-refractivity contribution in [1.82, 2.24) is 15.4 Å². The van der Waals surface area contributed by atoms with Gasteiger partial charge in [0, 0.05) is 29.4 Å². The molecule has 6 nitrogen and oxygen atoms in total. The summed E-state index contributed by atoms with van der Waals surface area (Å²) >= 11 is 7.77. The number of thioether (sulfide) groups is 1. The highest BCUT2D eigenvalue weighted by atomic mass is 127. The second kappa shape index (κ2) is 12.4. The quantitative estimate of drug-likeness (QED) is 0.202. The van der Waals surface area contributed by atoms with Gasteiger partial charge in [-0.05, 0) is 50.6 Å². The van der Waals surface area contributed by atoms with Gasteiger partial charge in [-0.2, -0.15) is 11.8 Å². The van der Waals surface area contributed by atoms with Gasteiger partial charge in [0.2, 0.25) is 10.0 Å².